The van der Waals surface area contributed by atoms with Crippen molar-refractivity contribution in [3.63, 3.8) is 0 Å². The molecule has 0 aliphatic heterocycles. The number of carbonyl (C=O) groups excluding carboxylic acids is 1. The Morgan fingerprint density at radius 1 is 1.17 bits per heavy atom. The number of ether oxygens (including phenoxy) is 1. The van der Waals surface area contributed by atoms with Gasteiger partial charge in [0.1, 0.15) is 17.9 Å². The molecule has 3 rings (SSSR count). The first kappa shape index (κ1) is 21.4. The minimum absolute atomic E-state index is 0.0933. The molecule has 1 N–H and O–H groups in total. The van der Waals surface area contributed by atoms with Crippen molar-refractivity contribution in [1.82, 2.24) is 15.3 Å². The molecule has 1 fully saturated rings. The van der Waals surface area contributed by atoms with Crippen molar-refractivity contribution in [2.45, 2.75) is 46.8 Å². The van der Waals surface area contributed by atoms with Gasteiger partial charge in [0.15, 0.2) is 0 Å². The normalized spacial score (nSPS) is 21.6. The number of nitrogens with zero attached hydrogens (tertiary/aromatic N) is 3. The molecule has 1 aliphatic carbocycles. The number of nitrogens with one attached hydrogen (secondary N) is 1. The quantitative estimate of drug-likeness (QED) is 0.714. The van der Waals surface area contributed by atoms with Gasteiger partial charge in [-0.25, -0.2) is 9.97 Å². The first-order chi connectivity index (χ1) is 13.5. The van der Waals surface area contributed by atoms with E-state index in [0.717, 1.165) is 5.56 Å². The summed E-state index contributed by atoms with van der Waals surface area (Å²) in [7, 11) is 0. The SMILES string of the molecule is Cc1c(OC2C(C)(C)C(NC(=O)c3cnc(Cl)nc3)C2(C)C)ccc(C#N)c1Cl. The standard InChI is InChI=1S/C21H22Cl2N4O2/c1-11-14(7-6-12(8-24)15(11)22)29-18-20(2,3)17(21(18,4)5)27-16(28)13-9-25-19(23)26-10-13/h6-7,9-10,17-18H,1-5H3,(H,27,28). The lowest BCUT2D eigenvalue weighted by atomic mass is 9.49. The lowest BCUT2D eigenvalue weighted by molar-refractivity contribution is -0.164. The first-order valence-electron chi connectivity index (χ1n) is 9.14. The molecule has 0 spiro atoms. The van der Waals surface area contributed by atoms with E-state index in [1.54, 1.807) is 12.1 Å². The third-order valence-corrected chi connectivity index (χ3v) is 6.38. The third kappa shape index (κ3) is 3.65. The molecular formula is C21H22Cl2N4O2. The maximum absolute atomic E-state index is 12.6. The number of amides is 1. The van der Waals surface area contributed by atoms with Crippen molar-refractivity contribution in [2.75, 3.05) is 0 Å². The largest absolute Gasteiger partial charge is 0.489 e. The molecule has 1 aromatic heterocycles. The first-order valence-corrected chi connectivity index (χ1v) is 9.90. The van der Waals surface area contributed by atoms with E-state index >= 15 is 0 Å². The molecule has 8 heteroatoms. The van der Waals surface area contributed by atoms with Gasteiger partial charge < -0.3 is 10.1 Å². The molecule has 29 heavy (non-hydrogen) atoms. The highest BCUT2D eigenvalue weighted by Gasteiger charge is 2.64. The van der Waals surface area contributed by atoms with Gasteiger partial charge in [-0.3, -0.25) is 4.79 Å². The molecule has 0 bridgehead atoms. The predicted octanol–water partition coefficient (Wildman–Crippen LogP) is 4.58. The average Bonchev–Trinajstić information content (AvgIpc) is 2.67. The van der Waals surface area contributed by atoms with Gasteiger partial charge in [0.05, 0.1) is 16.1 Å². The molecule has 1 amide bonds. The Bertz CT molecular complexity index is 981. The van der Waals surface area contributed by atoms with Crippen LogP contribution in [0.15, 0.2) is 24.5 Å². The molecule has 6 nitrogen and oxygen atoms in total. The average molecular weight is 433 g/mol. The van der Waals surface area contributed by atoms with Crippen LogP contribution in [0.2, 0.25) is 10.3 Å². The number of hydrogen-bond donors (Lipinski definition) is 1. The highest BCUT2D eigenvalue weighted by molar-refractivity contribution is 6.32. The van der Waals surface area contributed by atoms with Gasteiger partial charge in [0.25, 0.3) is 5.91 Å². The summed E-state index contributed by atoms with van der Waals surface area (Å²) in [4.78, 5) is 20.4. The van der Waals surface area contributed by atoms with Crippen LogP contribution in [0.3, 0.4) is 0 Å². The summed E-state index contributed by atoms with van der Waals surface area (Å²) in [5, 5.41) is 12.7. The van der Waals surface area contributed by atoms with Gasteiger partial charge in [-0.2, -0.15) is 5.26 Å². The molecule has 152 valence electrons. The van der Waals surface area contributed by atoms with Crippen molar-refractivity contribution in [3.8, 4) is 11.8 Å². The zero-order valence-electron chi connectivity index (χ0n) is 16.9. The third-order valence-electron chi connectivity index (χ3n) is 5.70. The van der Waals surface area contributed by atoms with Gasteiger partial charge in [-0.1, -0.05) is 39.3 Å². The number of rotatable bonds is 4. The summed E-state index contributed by atoms with van der Waals surface area (Å²) >= 11 is 12.0. The molecule has 0 radical (unpaired) electrons. The van der Waals surface area contributed by atoms with Crippen molar-refractivity contribution in [3.05, 3.63) is 51.5 Å². The summed E-state index contributed by atoms with van der Waals surface area (Å²) < 4.78 is 6.34. The van der Waals surface area contributed by atoms with Crippen LogP contribution < -0.4 is 10.1 Å². The number of halogens is 2. The van der Waals surface area contributed by atoms with Crippen LogP contribution >= 0.6 is 23.2 Å². The fraction of sp³-hybridized carbons (Fsp3) is 0.429. The minimum atomic E-state index is -0.348. The van der Waals surface area contributed by atoms with E-state index < -0.39 is 0 Å². The summed E-state index contributed by atoms with van der Waals surface area (Å²) in [5.74, 6) is 0.375. The van der Waals surface area contributed by atoms with E-state index in [2.05, 4.69) is 21.4 Å². The van der Waals surface area contributed by atoms with Gasteiger partial charge in [0, 0.05) is 34.8 Å². The monoisotopic (exact) mass is 432 g/mol. The Morgan fingerprint density at radius 2 is 1.76 bits per heavy atom. The maximum Gasteiger partial charge on any atom is 0.254 e. The van der Waals surface area contributed by atoms with E-state index in [-0.39, 0.29) is 34.2 Å². The van der Waals surface area contributed by atoms with Gasteiger partial charge in [0.2, 0.25) is 5.28 Å². The number of carbonyl (C=O) groups is 1. The number of aromatic nitrogens is 2. The van der Waals surface area contributed by atoms with Gasteiger partial charge in [-0.05, 0) is 30.7 Å². The molecular weight excluding hydrogens is 411 g/mol. The van der Waals surface area contributed by atoms with Gasteiger partial charge >= 0.3 is 0 Å². The smallest absolute Gasteiger partial charge is 0.254 e. The van der Waals surface area contributed by atoms with E-state index in [9.17, 15) is 4.79 Å². The highest BCUT2D eigenvalue weighted by atomic mass is 35.5. The van der Waals surface area contributed by atoms with E-state index in [1.807, 2.05) is 34.6 Å². The van der Waals surface area contributed by atoms with Crippen LogP contribution in [-0.4, -0.2) is 28.0 Å². The zero-order valence-corrected chi connectivity index (χ0v) is 18.4. The van der Waals surface area contributed by atoms with Crippen LogP contribution in [-0.2, 0) is 0 Å². The second-order valence-electron chi connectivity index (χ2n) is 8.45. The Hall–Kier alpha value is -2.36. The fourth-order valence-corrected chi connectivity index (χ4v) is 4.75. The highest BCUT2D eigenvalue weighted by Crippen LogP contribution is 2.56. The fourth-order valence-electron chi connectivity index (χ4n) is 4.45. The Morgan fingerprint density at radius 3 is 2.31 bits per heavy atom. The van der Waals surface area contributed by atoms with Crippen LogP contribution in [0.4, 0.5) is 0 Å². The van der Waals surface area contributed by atoms with Crippen molar-refractivity contribution in [2.24, 2.45) is 10.8 Å². The van der Waals surface area contributed by atoms with E-state index in [4.69, 9.17) is 33.2 Å². The number of nitriles is 1. The predicted molar refractivity (Wildman–Crippen MR) is 111 cm³/mol. The summed E-state index contributed by atoms with van der Waals surface area (Å²) in [6, 6.07) is 5.35. The molecule has 2 aromatic rings. The van der Waals surface area contributed by atoms with Crippen LogP contribution in [0.1, 0.15) is 49.2 Å². The van der Waals surface area contributed by atoms with Crippen molar-refractivity contribution >= 4 is 29.1 Å². The topological polar surface area (TPSA) is 87.9 Å². The number of benzene rings is 1. The van der Waals surface area contributed by atoms with E-state index in [1.165, 1.54) is 12.4 Å². The van der Waals surface area contributed by atoms with Gasteiger partial charge in [-0.15, -0.1) is 0 Å². The molecule has 0 unspecified atom stereocenters. The molecule has 1 aromatic carbocycles. The van der Waals surface area contributed by atoms with E-state index in [0.29, 0.717) is 21.9 Å². The minimum Gasteiger partial charge on any atom is -0.489 e. The van der Waals surface area contributed by atoms with Crippen LogP contribution in [0.25, 0.3) is 0 Å². The Kier molecular flexibility index (Phi) is 5.50. The molecule has 0 saturated heterocycles. The molecule has 1 aliphatic rings. The maximum atomic E-state index is 12.6. The van der Waals surface area contributed by atoms with Crippen molar-refractivity contribution < 1.29 is 9.53 Å². The molecule has 0 atom stereocenters. The summed E-state index contributed by atoms with van der Waals surface area (Å²) in [5.41, 5.74) is 0.792. The molecule has 1 saturated carbocycles. The molecule has 1 heterocycles. The lowest BCUT2D eigenvalue weighted by Gasteiger charge is -2.63. The second kappa shape index (κ2) is 7.47. The summed E-state index contributed by atoms with van der Waals surface area (Å²) in [6.45, 7) is 10.0. The number of hydrogen-bond acceptors (Lipinski definition) is 5. The second-order valence-corrected chi connectivity index (χ2v) is 9.17. The van der Waals surface area contributed by atoms with Crippen molar-refractivity contribution in [1.29, 1.82) is 5.26 Å². The lowest BCUT2D eigenvalue weighted by Crippen LogP contribution is -2.74. The summed E-state index contributed by atoms with van der Waals surface area (Å²) in [6.07, 6.45) is 2.63. The zero-order chi connectivity index (χ0) is 21.6. The van der Waals surface area contributed by atoms with Crippen LogP contribution in [0, 0.1) is 29.1 Å². The van der Waals surface area contributed by atoms with Crippen LogP contribution in [0.5, 0.6) is 5.75 Å². The Balaban J connectivity index is 1.80. The Labute approximate surface area is 180 Å².